The predicted octanol–water partition coefficient (Wildman–Crippen LogP) is 2.34. The highest BCUT2D eigenvalue weighted by Crippen LogP contribution is 2.22. The number of nitrogens with zero attached hydrogens (tertiary/aromatic N) is 2. The zero-order valence-electron chi connectivity index (χ0n) is 17.7. The van der Waals surface area contributed by atoms with Gasteiger partial charge in [-0.05, 0) is 43.8 Å². The van der Waals surface area contributed by atoms with E-state index in [2.05, 4.69) is 27.7 Å². The molecule has 1 aliphatic heterocycles. The Morgan fingerprint density at radius 2 is 1.87 bits per heavy atom. The Morgan fingerprint density at radius 1 is 1.10 bits per heavy atom. The molecule has 7 nitrogen and oxygen atoms in total. The van der Waals surface area contributed by atoms with Crippen molar-refractivity contribution in [3.05, 3.63) is 59.7 Å². The molecule has 1 saturated heterocycles. The molecule has 0 unspecified atom stereocenters. The van der Waals surface area contributed by atoms with Crippen molar-refractivity contribution in [3.63, 3.8) is 0 Å². The molecule has 0 radical (unpaired) electrons. The Kier molecular flexibility index (Phi) is 7.82. The lowest BCUT2D eigenvalue weighted by atomic mass is 10.1. The molecule has 1 fully saturated rings. The van der Waals surface area contributed by atoms with Gasteiger partial charge in [0.15, 0.2) is 0 Å². The standard InChI is InChI=1S/C23H30N4O3/c1-3-24-23(29)18-8-6-9-20(15-18)25-22(28)17-26(2)16-19-7-4-5-10-21(19)27-11-13-30-14-12-27/h4-10,15H,3,11-14,16-17H2,1-2H3,(H,24,29)(H,25,28). The first-order valence-electron chi connectivity index (χ1n) is 10.3. The highest BCUT2D eigenvalue weighted by Gasteiger charge is 2.16. The Bertz CT molecular complexity index is 865. The van der Waals surface area contributed by atoms with Crippen molar-refractivity contribution in [2.75, 3.05) is 56.7 Å². The van der Waals surface area contributed by atoms with Crippen LogP contribution < -0.4 is 15.5 Å². The van der Waals surface area contributed by atoms with Crippen LogP contribution in [-0.2, 0) is 16.1 Å². The zero-order valence-corrected chi connectivity index (χ0v) is 17.7. The number of hydrogen-bond acceptors (Lipinski definition) is 5. The van der Waals surface area contributed by atoms with Gasteiger partial charge in [-0.25, -0.2) is 0 Å². The molecule has 2 N–H and O–H groups in total. The number of hydrogen-bond donors (Lipinski definition) is 2. The molecular weight excluding hydrogens is 380 g/mol. The largest absolute Gasteiger partial charge is 0.378 e. The number of carbonyl (C=O) groups excluding carboxylic acids is 2. The van der Waals surface area contributed by atoms with Crippen molar-refractivity contribution in [1.82, 2.24) is 10.2 Å². The fourth-order valence-electron chi connectivity index (χ4n) is 3.55. The third kappa shape index (κ3) is 6.05. The average Bonchev–Trinajstić information content (AvgIpc) is 2.75. The quantitative estimate of drug-likeness (QED) is 0.699. The number of morpholine rings is 1. The van der Waals surface area contributed by atoms with Gasteiger partial charge in [0.1, 0.15) is 0 Å². The van der Waals surface area contributed by atoms with Crippen LogP contribution in [0.5, 0.6) is 0 Å². The topological polar surface area (TPSA) is 73.9 Å². The summed E-state index contributed by atoms with van der Waals surface area (Å²) in [6.45, 7) is 6.58. The van der Waals surface area contributed by atoms with Gasteiger partial charge in [0, 0.05) is 43.1 Å². The number of anilines is 2. The molecule has 2 aromatic carbocycles. The minimum atomic E-state index is -0.148. The van der Waals surface area contributed by atoms with Crippen molar-refractivity contribution in [3.8, 4) is 0 Å². The van der Waals surface area contributed by atoms with Crippen LogP contribution in [-0.4, -0.2) is 63.2 Å². The van der Waals surface area contributed by atoms with Gasteiger partial charge in [-0.15, -0.1) is 0 Å². The summed E-state index contributed by atoms with van der Waals surface area (Å²) >= 11 is 0. The number of nitrogens with one attached hydrogen (secondary N) is 2. The van der Waals surface area contributed by atoms with Crippen LogP contribution in [0, 0.1) is 0 Å². The Morgan fingerprint density at radius 3 is 2.63 bits per heavy atom. The maximum atomic E-state index is 12.5. The molecule has 7 heteroatoms. The van der Waals surface area contributed by atoms with Crippen LogP contribution in [0.15, 0.2) is 48.5 Å². The lowest BCUT2D eigenvalue weighted by Gasteiger charge is -2.31. The van der Waals surface area contributed by atoms with Gasteiger partial charge in [0.25, 0.3) is 5.91 Å². The molecular formula is C23H30N4O3. The SMILES string of the molecule is CCNC(=O)c1cccc(NC(=O)CN(C)Cc2ccccc2N2CCOCC2)c1. The summed E-state index contributed by atoms with van der Waals surface area (Å²) < 4.78 is 5.46. The van der Waals surface area contributed by atoms with E-state index in [0.29, 0.717) is 24.3 Å². The number of para-hydroxylation sites is 1. The maximum absolute atomic E-state index is 12.5. The second-order valence-corrected chi connectivity index (χ2v) is 7.39. The van der Waals surface area contributed by atoms with Gasteiger partial charge in [-0.3, -0.25) is 14.5 Å². The Balaban J connectivity index is 1.58. The van der Waals surface area contributed by atoms with E-state index in [-0.39, 0.29) is 18.4 Å². The smallest absolute Gasteiger partial charge is 0.251 e. The molecule has 0 aliphatic carbocycles. The average molecular weight is 411 g/mol. The number of rotatable bonds is 8. The number of carbonyl (C=O) groups is 2. The molecule has 2 aromatic rings. The summed E-state index contributed by atoms with van der Waals surface area (Å²) in [4.78, 5) is 28.8. The van der Waals surface area contributed by atoms with Crippen molar-refractivity contribution < 1.29 is 14.3 Å². The first kappa shape index (κ1) is 21.8. The normalized spacial score (nSPS) is 13.9. The van der Waals surface area contributed by atoms with Crippen LogP contribution in [0.2, 0.25) is 0 Å². The minimum absolute atomic E-state index is 0.116. The van der Waals surface area contributed by atoms with Crippen molar-refractivity contribution in [2.45, 2.75) is 13.5 Å². The van der Waals surface area contributed by atoms with Gasteiger partial charge in [0.05, 0.1) is 19.8 Å². The molecule has 0 saturated carbocycles. The van der Waals surface area contributed by atoms with Crippen LogP contribution in [0.1, 0.15) is 22.8 Å². The summed E-state index contributed by atoms with van der Waals surface area (Å²) in [5, 5.41) is 5.65. The first-order chi connectivity index (χ1) is 14.6. The van der Waals surface area contributed by atoms with Gasteiger partial charge < -0.3 is 20.3 Å². The predicted molar refractivity (Wildman–Crippen MR) is 119 cm³/mol. The second kappa shape index (κ2) is 10.8. The van der Waals surface area contributed by atoms with E-state index in [0.717, 1.165) is 26.3 Å². The molecule has 0 atom stereocenters. The molecule has 1 aliphatic rings. The van der Waals surface area contributed by atoms with Crippen molar-refractivity contribution in [2.24, 2.45) is 0 Å². The van der Waals surface area contributed by atoms with E-state index < -0.39 is 0 Å². The fraction of sp³-hybridized carbons (Fsp3) is 0.391. The maximum Gasteiger partial charge on any atom is 0.251 e. The Hall–Kier alpha value is -2.90. The number of likely N-dealkylation sites (N-methyl/N-ethyl adjacent to an activating group) is 1. The minimum Gasteiger partial charge on any atom is -0.378 e. The van der Waals surface area contributed by atoms with Crippen molar-refractivity contribution in [1.29, 1.82) is 0 Å². The summed E-state index contributed by atoms with van der Waals surface area (Å²) in [5.41, 5.74) is 3.53. The molecule has 0 bridgehead atoms. The third-order valence-electron chi connectivity index (χ3n) is 4.94. The molecule has 2 amide bonds. The van der Waals surface area contributed by atoms with Crippen molar-refractivity contribution >= 4 is 23.2 Å². The first-order valence-corrected chi connectivity index (χ1v) is 10.3. The molecule has 0 spiro atoms. The molecule has 160 valence electrons. The van der Waals surface area contributed by atoms with E-state index in [1.807, 2.05) is 31.0 Å². The third-order valence-corrected chi connectivity index (χ3v) is 4.94. The highest BCUT2D eigenvalue weighted by atomic mass is 16.5. The van der Waals surface area contributed by atoms with E-state index in [4.69, 9.17) is 4.74 Å². The number of ether oxygens (including phenoxy) is 1. The fourth-order valence-corrected chi connectivity index (χ4v) is 3.55. The zero-order chi connectivity index (χ0) is 21.3. The second-order valence-electron chi connectivity index (χ2n) is 7.39. The van der Waals surface area contributed by atoms with E-state index in [9.17, 15) is 9.59 Å². The lowest BCUT2D eigenvalue weighted by molar-refractivity contribution is -0.117. The summed E-state index contributed by atoms with van der Waals surface area (Å²) in [5.74, 6) is -0.264. The monoisotopic (exact) mass is 410 g/mol. The molecule has 30 heavy (non-hydrogen) atoms. The summed E-state index contributed by atoms with van der Waals surface area (Å²) in [6, 6.07) is 15.3. The van der Waals surface area contributed by atoms with E-state index in [1.165, 1.54) is 11.3 Å². The van der Waals surface area contributed by atoms with Gasteiger partial charge in [-0.1, -0.05) is 24.3 Å². The van der Waals surface area contributed by atoms with Crippen LogP contribution >= 0.6 is 0 Å². The Labute approximate surface area is 178 Å². The summed E-state index contributed by atoms with van der Waals surface area (Å²) in [6.07, 6.45) is 0. The van der Waals surface area contributed by atoms with Crippen LogP contribution in [0.3, 0.4) is 0 Å². The number of benzene rings is 2. The van der Waals surface area contributed by atoms with E-state index in [1.54, 1.807) is 24.3 Å². The van der Waals surface area contributed by atoms with E-state index >= 15 is 0 Å². The molecule has 1 heterocycles. The molecule has 0 aromatic heterocycles. The van der Waals surface area contributed by atoms with Gasteiger partial charge in [0.2, 0.25) is 5.91 Å². The summed E-state index contributed by atoms with van der Waals surface area (Å²) in [7, 11) is 1.93. The van der Waals surface area contributed by atoms with Crippen LogP contribution in [0.4, 0.5) is 11.4 Å². The highest BCUT2D eigenvalue weighted by molar-refractivity contribution is 5.97. The van der Waals surface area contributed by atoms with Gasteiger partial charge in [-0.2, -0.15) is 0 Å². The van der Waals surface area contributed by atoms with Gasteiger partial charge >= 0.3 is 0 Å². The lowest BCUT2D eigenvalue weighted by Crippen LogP contribution is -2.37. The molecule has 3 rings (SSSR count). The van der Waals surface area contributed by atoms with Crippen LogP contribution in [0.25, 0.3) is 0 Å². The number of amides is 2.